The van der Waals surface area contributed by atoms with Gasteiger partial charge in [0.2, 0.25) is 0 Å². The van der Waals surface area contributed by atoms with E-state index in [4.69, 9.17) is 9.47 Å². The van der Waals surface area contributed by atoms with Crippen molar-refractivity contribution in [2.75, 3.05) is 25.1 Å². The van der Waals surface area contributed by atoms with E-state index in [0.717, 1.165) is 42.9 Å². The van der Waals surface area contributed by atoms with E-state index in [0.29, 0.717) is 11.3 Å². The first kappa shape index (κ1) is 23.3. The van der Waals surface area contributed by atoms with Crippen molar-refractivity contribution < 1.29 is 19.1 Å². The molecule has 2 aromatic heterocycles. The highest BCUT2D eigenvalue weighted by Gasteiger charge is 2.36. The van der Waals surface area contributed by atoms with Gasteiger partial charge in [0.05, 0.1) is 12.7 Å². The maximum Gasteiger partial charge on any atom is 0.339 e. The fraction of sp³-hybridized carbons (Fsp3) is 0.625. The van der Waals surface area contributed by atoms with Crippen LogP contribution in [0.4, 0.5) is 5.82 Å². The fourth-order valence-electron chi connectivity index (χ4n) is 4.07. The monoisotopic (exact) mass is 429 g/mol. The topological polar surface area (TPSA) is 73.1 Å². The predicted octanol–water partition coefficient (Wildman–Crippen LogP) is 4.50. The number of rotatable bonds is 5. The van der Waals surface area contributed by atoms with E-state index in [9.17, 15) is 9.59 Å². The second-order valence-corrected chi connectivity index (χ2v) is 10.3. The number of carbonyl (C=O) groups excluding carboxylic acids is 2. The summed E-state index contributed by atoms with van der Waals surface area (Å²) in [6.45, 7) is 15.5. The lowest BCUT2D eigenvalue weighted by atomic mass is 9.82. The Bertz CT molecular complexity index is 990. The number of hydrogen-bond acceptors (Lipinski definition) is 6. The lowest BCUT2D eigenvalue weighted by molar-refractivity contribution is -0.164. The minimum absolute atomic E-state index is 0.0934. The number of aromatic nitrogens is 2. The normalized spacial score (nSPS) is 17.6. The summed E-state index contributed by atoms with van der Waals surface area (Å²) in [6, 6.07) is 1.90. The molecule has 0 N–H and O–H groups in total. The first-order valence-corrected chi connectivity index (χ1v) is 10.9. The van der Waals surface area contributed by atoms with Crippen LogP contribution in [0.5, 0.6) is 0 Å². The molecule has 0 aliphatic carbocycles. The van der Waals surface area contributed by atoms with Crippen molar-refractivity contribution in [1.29, 1.82) is 0 Å². The molecule has 7 heteroatoms. The molecule has 31 heavy (non-hydrogen) atoms. The number of ether oxygens (including phenoxy) is 2. The molecular formula is C24H35N3O4. The van der Waals surface area contributed by atoms with E-state index < -0.39 is 17.7 Å². The molecule has 0 radical (unpaired) electrons. The van der Waals surface area contributed by atoms with E-state index in [2.05, 4.69) is 23.7 Å². The lowest BCUT2D eigenvalue weighted by Crippen LogP contribution is -2.40. The maximum absolute atomic E-state index is 12.9. The Morgan fingerprint density at radius 3 is 2.32 bits per heavy atom. The van der Waals surface area contributed by atoms with Gasteiger partial charge in [0.15, 0.2) is 11.9 Å². The minimum atomic E-state index is -0.887. The molecule has 1 atom stereocenters. The first-order chi connectivity index (χ1) is 14.3. The third kappa shape index (κ3) is 4.92. The van der Waals surface area contributed by atoms with Crippen molar-refractivity contribution in [3.63, 3.8) is 0 Å². The molecule has 1 saturated heterocycles. The standard InChI is InChI=1S/C24H35N3O4/c1-15-13-18-25-17(16(2)28)14-27(18)21(26-11-9-24(6,7)10-12-26)19(15)20(22(29)30-8)31-23(3,4)5/h13-14,20H,9-12H2,1-8H3/t20-/m0/s1. The predicted molar refractivity (Wildman–Crippen MR) is 121 cm³/mol. The van der Waals surface area contributed by atoms with Gasteiger partial charge in [0, 0.05) is 31.8 Å². The number of nitrogens with zero attached hydrogens (tertiary/aromatic N) is 3. The van der Waals surface area contributed by atoms with Gasteiger partial charge in [-0.2, -0.15) is 0 Å². The molecule has 0 spiro atoms. The highest BCUT2D eigenvalue weighted by Crippen LogP contribution is 2.39. The number of Topliss-reactive ketones (excluding diaryl/α,β-unsaturated/α-hetero) is 1. The highest BCUT2D eigenvalue weighted by molar-refractivity contribution is 5.93. The SMILES string of the molecule is COC(=O)[C@@H](OC(C)(C)C)c1c(C)cc2nc(C(C)=O)cn2c1N1CCC(C)(C)CC1. The first-order valence-electron chi connectivity index (χ1n) is 10.9. The van der Waals surface area contributed by atoms with Crippen LogP contribution in [0, 0.1) is 12.3 Å². The van der Waals surface area contributed by atoms with Crippen LogP contribution in [0.1, 0.15) is 82.1 Å². The Kier molecular flexibility index (Phi) is 6.20. The second kappa shape index (κ2) is 8.26. The van der Waals surface area contributed by atoms with Crippen molar-refractivity contribution in [3.05, 3.63) is 29.1 Å². The molecule has 0 amide bonds. The third-order valence-electron chi connectivity index (χ3n) is 5.90. The number of fused-ring (bicyclic) bond motifs is 1. The van der Waals surface area contributed by atoms with Gasteiger partial charge in [-0.1, -0.05) is 13.8 Å². The van der Waals surface area contributed by atoms with Crippen molar-refractivity contribution in [2.45, 2.75) is 73.0 Å². The second-order valence-electron chi connectivity index (χ2n) is 10.3. The zero-order valence-corrected chi connectivity index (χ0v) is 20.0. The van der Waals surface area contributed by atoms with Crippen LogP contribution in [-0.4, -0.2) is 46.9 Å². The number of imidazole rings is 1. The molecule has 1 fully saturated rings. The Labute approximate surface area is 184 Å². The van der Waals surface area contributed by atoms with Crippen LogP contribution < -0.4 is 4.90 Å². The van der Waals surface area contributed by atoms with E-state index in [1.54, 1.807) is 6.20 Å². The molecule has 2 aromatic rings. The molecule has 7 nitrogen and oxygen atoms in total. The number of anilines is 1. The van der Waals surface area contributed by atoms with Crippen LogP contribution in [-0.2, 0) is 14.3 Å². The van der Waals surface area contributed by atoms with Crippen LogP contribution in [0.15, 0.2) is 12.3 Å². The van der Waals surface area contributed by atoms with Gasteiger partial charge in [-0.25, -0.2) is 9.78 Å². The Balaban J connectivity index is 2.26. The van der Waals surface area contributed by atoms with Crippen LogP contribution >= 0.6 is 0 Å². The van der Waals surface area contributed by atoms with Gasteiger partial charge in [0.25, 0.3) is 0 Å². The van der Waals surface area contributed by atoms with Crippen LogP contribution in [0.2, 0.25) is 0 Å². The van der Waals surface area contributed by atoms with E-state index in [1.807, 2.05) is 38.2 Å². The Morgan fingerprint density at radius 1 is 1.19 bits per heavy atom. The summed E-state index contributed by atoms with van der Waals surface area (Å²) in [5, 5.41) is 0. The summed E-state index contributed by atoms with van der Waals surface area (Å²) < 4.78 is 13.3. The zero-order chi connectivity index (χ0) is 23.1. The van der Waals surface area contributed by atoms with Crippen LogP contribution in [0.3, 0.4) is 0 Å². The average Bonchev–Trinajstić information content (AvgIpc) is 3.08. The molecule has 170 valence electrons. The summed E-state index contributed by atoms with van der Waals surface area (Å²) in [6.07, 6.45) is 2.93. The molecular weight excluding hydrogens is 394 g/mol. The molecule has 0 aromatic carbocycles. The average molecular weight is 430 g/mol. The number of hydrogen-bond donors (Lipinski definition) is 0. The number of aryl methyl sites for hydroxylation is 1. The molecule has 1 aliphatic rings. The number of methoxy groups -OCH3 is 1. The van der Waals surface area contributed by atoms with E-state index >= 15 is 0 Å². The Morgan fingerprint density at radius 2 is 1.81 bits per heavy atom. The lowest BCUT2D eigenvalue weighted by Gasteiger charge is -2.40. The fourth-order valence-corrected chi connectivity index (χ4v) is 4.07. The van der Waals surface area contributed by atoms with Gasteiger partial charge >= 0.3 is 5.97 Å². The number of ketones is 1. The summed E-state index contributed by atoms with van der Waals surface area (Å²) >= 11 is 0. The van der Waals surface area contributed by atoms with Gasteiger partial charge in [-0.15, -0.1) is 0 Å². The summed E-state index contributed by atoms with van der Waals surface area (Å²) in [5.41, 5.74) is 2.45. The summed E-state index contributed by atoms with van der Waals surface area (Å²) in [5.74, 6) is 0.317. The van der Waals surface area contributed by atoms with Gasteiger partial charge in [-0.05, 0) is 57.6 Å². The molecule has 3 rings (SSSR count). The number of piperidine rings is 1. The Hall–Kier alpha value is -2.41. The molecule has 3 heterocycles. The summed E-state index contributed by atoms with van der Waals surface area (Å²) in [4.78, 5) is 31.7. The third-order valence-corrected chi connectivity index (χ3v) is 5.90. The van der Waals surface area contributed by atoms with Crippen molar-refractivity contribution in [2.24, 2.45) is 5.41 Å². The molecule has 0 unspecified atom stereocenters. The van der Waals surface area contributed by atoms with Gasteiger partial charge < -0.3 is 14.4 Å². The minimum Gasteiger partial charge on any atom is -0.467 e. The highest BCUT2D eigenvalue weighted by atomic mass is 16.6. The molecule has 0 saturated carbocycles. The zero-order valence-electron chi connectivity index (χ0n) is 20.0. The van der Waals surface area contributed by atoms with Crippen molar-refractivity contribution in [3.8, 4) is 0 Å². The number of carbonyl (C=O) groups is 2. The largest absolute Gasteiger partial charge is 0.467 e. The smallest absolute Gasteiger partial charge is 0.339 e. The number of esters is 1. The van der Waals surface area contributed by atoms with Crippen molar-refractivity contribution >= 4 is 23.2 Å². The summed E-state index contributed by atoms with van der Waals surface area (Å²) in [7, 11) is 1.38. The van der Waals surface area contributed by atoms with Crippen LogP contribution in [0.25, 0.3) is 5.65 Å². The van der Waals surface area contributed by atoms with E-state index in [-0.39, 0.29) is 11.2 Å². The number of pyridine rings is 1. The van der Waals surface area contributed by atoms with E-state index in [1.165, 1.54) is 14.0 Å². The molecule has 1 aliphatic heterocycles. The molecule has 0 bridgehead atoms. The van der Waals surface area contributed by atoms with Gasteiger partial charge in [-0.3, -0.25) is 9.20 Å². The quantitative estimate of drug-likeness (QED) is 0.515. The van der Waals surface area contributed by atoms with Gasteiger partial charge in [0.1, 0.15) is 17.2 Å². The van der Waals surface area contributed by atoms with Crippen molar-refractivity contribution in [1.82, 2.24) is 9.38 Å². The maximum atomic E-state index is 12.9.